The summed E-state index contributed by atoms with van der Waals surface area (Å²) in [6.07, 6.45) is 12.6. The Morgan fingerprint density at radius 3 is 2.17 bits per heavy atom. The van der Waals surface area contributed by atoms with Crippen molar-refractivity contribution >= 4 is 17.1 Å². The van der Waals surface area contributed by atoms with Gasteiger partial charge in [-0.3, -0.25) is 0 Å². The molecule has 1 atom stereocenters. The fourth-order valence-electron chi connectivity index (χ4n) is 8.83. The number of pyridine rings is 2. The number of aromatic nitrogens is 2. The van der Waals surface area contributed by atoms with Crippen LogP contribution in [0.4, 0.5) is 17.1 Å². The molecule has 0 spiro atoms. The van der Waals surface area contributed by atoms with Gasteiger partial charge in [0.2, 0.25) is 11.8 Å². The molecule has 3 aliphatic rings. The molecule has 0 bridgehead atoms. The first-order valence-electron chi connectivity index (χ1n) is 18.6. The van der Waals surface area contributed by atoms with Crippen LogP contribution in [-0.2, 0) is 10.8 Å². The molecule has 0 amide bonds. The zero-order chi connectivity index (χ0) is 36.3. The normalized spacial score (nSPS) is 17.2. The predicted octanol–water partition coefficient (Wildman–Crippen LogP) is 12.2. The molecule has 1 unspecified atom stereocenters. The first kappa shape index (κ1) is 32.0. The lowest BCUT2D eigenvalue weighted by atomic mass is 9.63. The van der Waals surface area contributed by atoms with E-state index in [9.17, 15) is 0 Å². The highest BCUT2D eigenvalue weighted by atomic mass is 16.5. The minimum absolute atomic E-state index is 0.165. The average Bonchev–Trinajstić information content (AvgIpc) is 3.46. The number of fused-ring (bicyclic) bond motifs is 5. The van der Waals surface area contributed by atoms with E-state index in [0.29, 0.717) is 11.8 Å². The van der Waals surface area contributed by atoms with Crippen LogP contribution in [0.2, 0.25) is 0 Å². The highest BCUT2D eigenvalue weighted by Gasteiger charge is 2.48. The van der Waals surface area contributed by atoms with Gasteiger partial charge in [0.15, 0.2) is 0 Å². The maximum Gasteiger partial charge on any atom is 0.226 e. The van der Waals surface area contributed by atoms with Crippen molar-refractivity contribution in [3.8, 4) is 34.0 Å². The van der Waals surface area contributed by atoms with Gasteiger partial charge in [-0.1, -0.05) is 135 Å². The van der Waals surface area contributed by atoms with E-state index in [0.717, 1.165) is 57.7 Å². The Morgan fingerprint density at radius 1 is 0.630 bits per heavy atom. The molecule has 0 saturated carbocycles. The van der Waals surface area contributed by atoms with E-state index in [1.165, 1.54) is 27.8 Å². The number of allylic oxidation sites excluding steroid dienone is 4. The van der Waals surface area contributed by atoms with Crippen LogP contribution < -0.4 is 9.64 Å². The van der Waals surface area contributed by atoms with Gasteiger partial charge in [-0.25, -0.2) is 9.97 Å². The monoisotopic (exact) mass is 695 g/mol. The molecule has 10 rings (SSSR count). The summed E-state index contributed by atoms with van der Waals surface area (Å²) >= 11 is 0. The molecule has 4 heteroatoms. The van der Waals surface area contributed by atoms with Gasteiger partial charge >= 0.3 is 0 Å². The number of rotatable bonds is 6. The van der Waals surface area contributed by atoms with Gasteiger partial charge in [0.1, 0.15) is 0 Å². The van der Waals surface area contributed by atoms with Crippen molar-refractivity contribution in [1.29, 1.82) is 0 Å². The fourth-order valence-corrected chi connectivity index (χ4v) is 8.83. The molecule has 0 N–H and O–H groups in total. The Bertz CT molecular complexity index is 2610. The second kappa shape index (κ2) is 12.5. The van der Waals surface area contributed by atoms with Crippen molar-refractivity contribution in [3.63, 3.8) is 0 Å². The first-order chi connectivity index (χ1) is 26.5. The van der Waals surface area contributed by atoms with Gasteiger partial charge in [-0.15, -0.1) is 0 Å². The Kier molecular flexibility index (Phi) is 7.39. The van der Waals surface area contributed by atoms with Crippen molar-refractivity contribution in [1.82, 2.24) is 9.97 Å². The lowest BCUT2D eigenvalue weighted by molar-refractivity contribution is 0.399. The molecule has 0 radical (unpaired) electrons. The fraction of sp³-hybridized carbons (Fsp3) is 0.120. The van der Waals surface area contributed by atoms with Crippen LogP contribution in [-0.4, -0.2) is 9.97 Å². The van der Waals surface area contributed by atoms with Gasteiger partial charge < -0.3 is 9.64 Å². The number of nitrogens with zero attached hydrogens (tertiary/aromatic N) is 3. The summed E-state index contributed by atoms with van der Waals surface area (Å²) in [6.45, 7) is 4.65. The van der Waals surface area contributed by atoms with Gasteiger partial charge in [-0.05, 0) is 94.3 Å². The van der Waals surface area contributed by atoms with Crippen LogP contribution in [0.1, 0.15) is 54.5 Å². The molecule has 5 aromatic carbocycles. The number of hydrogen-bond acceptors (Lipinski definition) is 4. The zero-order valence-corrected chi connectivity index (χ0v) is 30.3. The molecular weight excluding hydrogens is 659 g/mol. The van der Waals surface area contributed by atoms with E-state index < -0.39 is 5.41 Å². The predicted molar refractivity (Wildman–Crippen MR) is 217 cm³/mol. The zero-order valence-electron chi connectivity index (χ0n) is 30.3. The molecule has 4 nitrogen and oxygen atoms in total. The topological polar surface area (TPSA) is 38.2 Å². The third-order valence-electron chi connectivity index (χ3n) is 11.4. The summed E-state index contributed by atoms with van der Waals surface area (Å²) < 4.78 is 6.57. The maximum absolute atomic E-state index is 6.57. The minimum Gasteiger partial charge on any atom is -0.420 e. The molecule has 7 aromatic rings. The van der Waals surface area contributed by atoms with E-state index in [1.54, 1.807) is 6.20 Å². The van der Waals surface area contributed by atoms with E-state index in [2.05, 4.69) is 170 Å². The highest BCUT2D eigenvalue weighted by molar-refractivity contribution is 5.86. The second-order valence-corrected chi connectivity index (χ2v) is 14.7. The third-order valence-corrected chi connectivity index (χ3v) is 11.4. The van der Waals surface area contributed by atoms with Crippen LogP contribution in [0.25, 0.3) is 22.3 Å². The van der Waals surface area contributed by atoms with Crippen molar-refractivity contribution in [2.75, 3.05) is 4.90 Å². The number of ether oxygens (including phenoxy) is 1. The molecule has 3 heterocycles. The molecule has 0 fully saturated rings. The second-order valence-electron chi connectivity index (χ2n) is 14.7. The van der Waals surface area contributed by atoms with Gasteiger partial charge in [-0.2, -0.15) is 0 Å². The summed E-state index contributed by atoms with van der Waals surface area (Å²) in [5.41, 5.74) is 13.5. The smallest absolute Gasteiger partial charge is 0.226 e. The third kappa shape index (κ3) is 4.86. The first-order valence-corrected chi connectivity index (χ1v) is 18.6. The van der Waals surface area contributed by atoms with E-state index in [4.69, 9.17) is 14.7 Å². The SMILES string of the molecule is CC1(C)c2ccccc2-c2ccc(N(c3c#cc(-c4ccccc4)cc3)c3cnc4c(c3)C(C3=CCCC=C3)(c3ccccc3)c3cccnc3O4)cc21. The molecule has 54 heavy (non-hydrogen) atoms. The Labute approximate surface area is 316 Å². The number of anilines is 3. The van der Waals surface area contributed by atoms with Crippen molar-refractivity contribution in [2.24, 2.45) is 0 Å². The van der Waals surface area contributed by atoms with Crippen LogP contribution in [0, 0.1) is 12.1 Å². The lowest BCUT2D eigenvalue weighted by Crippen LogP contribution is -2.35. The number of benzene rings is 4. The summed E-state index contributed by atoms with van der Waals surface area (Å²) in [4.78, 5) is 12.1. The van der Waals surface area contributed by atoms with Crippen molar-refractivity contribution in [2.45, 2.75) is 37.5 Å². The van der Waals surface area contributed by atoms with Crippen LogP contribution >= 0.6 is 0 Å². The summed E-state index contributed by atoms with van der Waals surface area (Å²) in [7, 11) is 0. The lowest BCUT2D eigenvalue weighted by Gasteiger charge is -2.42. The average molecular weight is 696 g/mol. The van der Waals surface area contributed by atoms with E-state index in [1.807, 2.05) is 18.3 Å². The van der Waals surface area contributed by atoms with E-state index >= 15 is 0 Å². The van der Waals surface area contributed by atoms with Crippen molar-refractivity contribution in [3.05, 3.63) is 210 Å². The van der Waals surface area contributed by atoms with E-state index in [-0.39, 0.29) is 5.41 Å². The Morgan fingerprint density at radius 2 is 1.37 bits per heavy atom. The quantitative estimate of drug-likeness (QED) is 0.174. The van der Waals surface area contributed by atoms with Gasteiger partial charge in [0, 0.05) is 34.0 Å². The molecule has 2 aromatic heterocycles. The maximum atomic E-state index is 6.57. The van der Waals surface area contributed by atoms with Gasteiger partial charge in [0.25, 0.3) is 0 Å². The van der Waals surface area contributed by atoms with Crippen LogP contribution in [0.3, 0.4) is 0 Å². The molecule has 0 saturated heterocycles. The summed E-state index contributed by atoms with van der Waals surface area (Å²) in [5, 5.41) is 0. The minimum atomic E-state index is -0.710. The molecular formula is C50H37N3O. The Hall–Kier alpha value is -6.70. The Balaban J connectivity index is 1.21. The molecule has 1 aliphatic heterocycles. The van der Waals surface area contributed by atoms with Gasteiger partial charge in [0.05, 0.1) is 23.0 Å². The van der Waals surface area contributed by atoms with Crippen molar-refractivity contribution < 1.29 is 4.74 Å². The largest absolute Gasteiger partial charge is 0.420 e. The molecule has 2 aliphatic carbocycles. The molecule has 258 valence electrons. The van der Waals surface area contributed by atoms with Crippen LogP contribution in [0.15, 0.2) is 170 Å². The number of hydrogen-bond donors (Lipinski definition) is 0. The summed E-state index contributed by atoms with van der Waals surface area (Å²) in [5.74, 6) is 1.12. The highest BCUT2D eigenvalue weighted by Crippen LogP contribution is 2.56. The van der Waals surface area contributed by atoms with Crippen LogP contribution in [0.5, 0.6) is 11.8 Å². The standard InChI is InChI=1S/C50H37N3O/c1-49(2)43-22-13-12-21-41(43)42-29-28-39(31-45(42)49)53(38-26-24-35(25-27-38)34-15-6-3-7-16-34)40-32-46-48(52-33-40)54-47-44(23-14-30-51-47)50(46,36-17-8-4-9-18-36)37-19-10-5-11-20-37/h3-4,6-10,12-24,26,28-33H,5,11H2,1-2H3. The summed E-state index contributed by atoms with van der Waals surface area (Å²) in [6, 6.07) is 54.4.